The molecule has 0 aliphatic carbocycles. The van der Waals surface area contributed by atoms with Gasteiger partial charge in [0.2, 0.25) is 0 Å². The third-order valence-corrected chi connectivity index (χ3v) is 4.79. The van der Waals surface area contributed by atoms with Crippen molar-refractivity contribution in [1.29, 1.82) is 0 Å². The molecular weight excluding hydrogens is 244 g/mol. The normalized spacial score (nSPS) is 13.8. The number of hydrogen-bond acceptors (Lipinski definition) is 2. The summed E-state index contributed by atoms with van der Waals surface area (Å²) >= 11 is 0. The predicted molar refractivity (Wildman–Crippen MR) is 89.5 cm³/mol. The monoisotopic (exact) mass is 276 g/mol. The van der Waals surface area contributed by atoms with E-state index in [4.69, 9.17) is 0 Å². The van der Waals surface area contributed by atoms with Crippen LogP contribution in [0, 0.1) is 13.8 Å². The van der Waals surface area contributed by atoms with Gasteiger partial charge in [0, 0.05) is 11.6 Å². The maximum Gasteiger partial charge on any atom is 0.0309 e. The van der Waals surface area contributed by atoms with Crippen LogP contribution in [0.5, 0.6) is 0 Å². The van der Waals surface area contributed by atoms with Crippen LogP contribution in [0.25, 0.3) is 0 Å². The molecule has 1 rings (SSSR count). The van der Waals surface area contributed by atoms with Gasteiger partial charge in [0.1, 0.15) is 0 Å². The Morgan fingerprint density at radius 2 is 1.70 bits per heavy atom. The number of likely N-dealkylation sites (N-methyl/N-ethyl adjacent to an activating group) is 2. The summed E-state index contributed by atoms with van der Waals surface area (Å²) in [4.78, 5) is 2.54. The third kappa shape index (κ3) is 3.83. The standard InChI is InChI=1S/C18H32N2/c1-8-20(9-2)18(5,6)17(19-7)13-16-11-10-14(3)15(4)12-16/h10-12,17,19H,8-9,13H2,1-7H3. The molecule has 0 amide bonds. The lowest BCUT2D eigenvalue weighted by Gasteiger charge is -2.43. The summed E-state index contributed by atoms with van der Waals surface area (Å²) in [5.74, 6) is 0. The van der Waals surface area contributed by atoms with Crippen LogP contribution in [0.1, 0.15) is 44.4 Å². The highest BCUT2D eigenvalue weighted by atomic mass is 15.2. The summed E-state index contributed by atoms with van der Waals surface area (Å²) in [6.45, 7) is 15.7. The number of nitrogens with one attached hydrogen (secondary N) is 1. The molecule has 0 radical (unpaired) electrons. The van der Waals surface area contributed by atoms with E-state index in [1.165, 1.54) is 16.7 Å². The molecule has 0 saturated heterocycles. The molecule has 114 valence electrons. The van der Waals surface area contributed by atoms with E-state index < -0.39 is 0 Å². The topological polar surface area (TPSA) is 15.3 Å². The van der Waals surface area contributed by atoms with E-state index in [-0.39, 0.29) is 5.54 Å². The molecule has 1 aromatic carbocycles. The minimum absolute atomic E-state index is 0.150. The molecule has 0 saturated carbocycles. The molecule has 0 heterocycles. The molecule has 0 aliphatic rings. The van der Waals surface area contributed by atoms with Crippen LogP contribution >= 0.6 is 0 Å². The van der Waals surface area contributed by atoms with E-state index in [9.17, 15) is 0 Å². The quantitative estimate of drug-likeness (QED) is 0.819. The van der Waals surface area contributed by atoms with Gasteiger partial charge in [0.15, 0.2) is 0 Å². The van der Waals surface area contributed by atoms with Gasteiger partial charge in [-0.3, -0.25) is 4.90 Å². The number of hydrogen-bond donors (Lipinski definition) is 1. The Balaban J connectivity index is 2.93. The minimum atomic E-state index is 0.150. The number of aryl methyl sites for hydroxylation is 2. The summed E-state index contributed by atoms with van der Waals surface area (Å²) in [5, 5.41) is 3.53. The van der Waals surface area contributed by atoms with Gasteiger partial charge in [-0.1, -0.05) is 32.0 Å². The van der Waals surface area contributed by atoms with Crippen LogP contribution < -0.4 is 5.32 Å². The molecular formula is C18H32N2. The Morgan fingerprint density at radius 1 is 1.10 bits per heavy atom. The van der Waals surface area contributed by atoms with Gasteiger partial charge in [-0.05, 0) is 70.9 Å². The van der Waals surface area contributed by atoms with Gasteiger partial charge in [0.25, 0.3) is 0 Å². The molecule has 0 aliphatic heterocycles. The zero-order valence-corrected chi connectivity index (χ0v) is 14.4. The highest BCUT2D eigenvalue weighted by Gasteiger charge is 2.32. The van der Waals surface area contributed by atoms with Gasteiger partial charge < -0.3 is 5.32 Å². The summed E-state index contributed by atoms with van der Waals surface area (Å²) < 4.78 is 0. The lowest BCUT2D eigenvalue weighted by atomic mass is 9.87. The highest BCUT2D eigenvalue weighted by Crippen LogP contribution is 2.22. The van der Waals surface area contributed by atoms with E-state index in [2.05, 4.69) is 77.0 Å². The largest absolute Gasteiger partial charge is 0.315 e. The molecule has 1 aromatic rings. The fraction of sp³-hybridized carbons (Fsp3) is 0.667. The SMILES string of the molecule is CCN(CC)C(C)(C)C(Cc1ccc(C)c(C)c1)NC. The van der Waals surface area contributed by atoms with Crippen LogP contribution in [-0.2, 0) is 6.42 Å². The molecule has 0 aromatic heterocycles. The van der Waals surface area contributed by atoms with Crippen molar-refractivity contribution < 1.29 is 0 Å². The van der Waals surface area contributed by atoms with Crippen molar-refractivity contribution >= 4 is 0 Å². The Bertz CT molecular complexity index is 419. The summed E-state index contributed by atoms with van der Waals surface area (Å²) in [6, 6.07) is 7.29. The van der Waals surface area contributed by atoms with E-state index in [1.807, 2.05) is 0 Å². The van der Waals surface area contributed by atoms with Crippen molar-refractivity contribution in [2.45, 2.75) is 59.5 Å². The Morgan fingerprint density at radius 3 is 2.15 bits per heavy atom. The van der Waals surface area contributed by atoms with E-state index in [0.717, 1.165) is 19.5 Å². The third-order valence-electron chi connectivity index (χ3n) is 4.79. The highest BCUT2D eigenvalue weighted by molar-refractivity contribution is 5.30. The zero-order chi connectivity index (χ0) is 15.3. The Kier molecular flexibility index (Phi) is 6.22. The first-order chi connectivity index (χ1) is 9.36. The average Bonchev–Trinajstić information content (AvgIpc) is 2.40. The lowest BCUT2D eigenvalue weighted by molar-refractivity contribution is 0.0943. The Hall–Kier alpha value is -0.860. The molecule has 2 nitrogen and oxygen atoms in total. The number of benzene rings is 1. The predicted octanol–water partition coefficient (Wildman–Crippen LogP) is 3.55. The summed E-state index contributed by atoms with van der Waals surface area (Å²) in [5.41, 5.74) is 4.33. The molecule has 0 spiro atoms. The van der Waals surface area contributed by atoms with Crippen molar-refractivity contribution in [3.8, 4) is 0 Å². The molecule has 1 unspecified atom stereocenters. The van der Waals surface area contributed by atoms with Crippen LogP contribution in [0.15, 0.2) is 18.2 Å². The van der Waals surface area contributed by atoms with Crippen molar-refractivity contribution in [3.05, 3.63) is 34.9 Å². The zero-order valence-electron chi connectivity index (χ0n) is 14.4. The molecule has 0 fully saturated rings. The van der Waals surface area contributed by atoms with Crippen LogP contribution in [0.4, 0.5) is 0 Å². The van der Waals surface area contributed by atoms with Crippen molar-refractivity contribution in [2.24, 2.45) is 0 Å². The van der Waals surface area contributed by atoms with Gasteiger partial charge in [0.05, 0.1) is 0 Å². The van der Waals surface area contributed by atoms with E-state index in [1.54, 1.807) is 0 Å². The van der Waals surface area contributed by atoms with E-state index >= 15 is 0 Å². The van der Waals surface area contributed by atoms with Gasteiger partial charge in [-0.25, -0.2) is 0 Å². The first-order valence-electron chi connectivity index (χ1n) is 7.85. The van der Waals surface area contributed by atoms with Gasteiger partial charge in [-0.15, -0.1) is 0 Å². The van der Waals surface area contributed by atoms with Crippen molar-refractivity contribution in [2.75, 3.05) is 20.1 Å². The minimum Gasteiger partial charge on any atom is -0.315 e. The molecule has 1 atom stereocenters. The van der Waals surface area contributed by atoms with Crippen LogP contribution in [0.2, 0.25) is 0 Å². The van der Waals surface area contributed by atoms with Crippen molar-refractivity contribution in [3.63, 3.8) is 0 Å². The summed E-state index contributed by atoms with van der Waals surface area (Å²) in [7, 11) is 2.08. The second-order valence-corrected chi connectivity index (χ2v) is 6.29. The average molecular weight is 276 g/mol. The van der Waals surface area contributed by atoms with Crippen molar-refractivity contribution in [1.82, 2.24) is 10.2 Å². The second-order valence-electron chi connectivity index (χ2n) is 6.29. The smallest absolute Gasteiger partial charge is 0.0309 e. The van der Waals surface area contributed by atoms with Gasteiger partial charge >= 0.3 is 0 Å². The Labute approximate surface area is 125 Å². The van der Waals surface area contributed by atoms with Crippen LogP contribution in [0.3, 0.4) is 0 Å². The van der Waals surface area contributed by atoms with Gasteiger partial charge in [-0.2, -0.15) is 0 Å². The fourth-order valence-electron chi connectivity index (χ4n) is 3.13. The first kappa shape index (κ1) is 17.2. The maximum atomic E-state index is 3.53. The first-order valence-corrected chi connectivity index (χ1v) is 7.85. The van der Waals surface area contributed by atoms with E-state index in [0.29, 0.717) is 6.04 Å². The fourth-order valence-corrected chi connectivity index (χ4v) is 3.13. The molecule has 2 heteroatoms. The molecule has 0 bridgehead atoms. The lowest BCUT2D eigenvalue weighted by Crippen LogP contribution is -2.57. The molecule has 1 N–H and O–H groups in total. The number of rotatable bonds is 7. The second kappa shape index (κ2) is 7.24. The molecule has 20 heavy (non-hydrogen) atoms. The number of nitrogens with zero attached hydrogens (tertiary/aromatic N) is 1. The van der Waals surface area contributed by atoms with Crippen LogP contribution in [-0.4, -0.2) is 36.6 Å². The summed E-state index contributed by atoms with van der Waals surface area (Å²) in [6.07, 6.45) is 1.07. The maximum absolute atomic E-state index is 3.53.